The molecular formula is C33H32N4O3S. The van der Waals surface area contributed by atoms with Gasteiger partial charge in [-0.3, -0.25) is 14.5 Å². The van der Waals surface area contributed by atoms with Crippen LogP contribution in [0, 0.1) is 13.8 Å². The summed E-state index contributed by atoms with van der Waals surface area (Å²) in [5.74, 6) is -1.48. The molecular weight excluding hydrogens is 532 g/mol. The lowest BCUT2D eigenvalue weighted by Crippen LogP contribution is -2.44. The number of anilines is 2. The van der Waals surface area contributed by atoms with Crippen molar-refractivity contribution >= 4 is 34.4 Å². The van der Waals surface area contributed by atoms with E-state index in [1.54, 1.807) is 11.8 Å². The molecule has 6 rings (SSSR count). The van der Waals surface area contributed by atoms with Crippen LogP contribution in [0.25, 0.3) is 10.6 Å². The lowest BCUT2D eigenvalue weighted by molar-refractivity contribution is -0.117. The molecule has 0 bridgehead atoms. The number of benzene rings is 3. The molecule has 1 fully saturated rings. The number of likely N-dealkylation sites (N-methyl/N-ethyl adjacent to an activating group) is 1. The van der Waals surface area contributed by atoms with Crippen LogP contribution in [0.1, 0.15) is 32.5 Å². The van der Waals surface area contributed by atoms with E-state index in [1.807, 2.05) is 85.8 Å². The molecule has 3 aromatic carbocycles. The van der Waals surface area contributed by atoms with E-state index >= 15 is 0 Å². The number of rotatable bonds is 6. The zero-order valence-electron chi connectivity index (χ0n) is 23.4. The summed E-state index contributed by atoms with van der Waals surface area (Å²) in [7, 11) is 2.12. The van der Waals surface area contributed by atoms with Crippen LogP contribution in [0.2, 0.25) is 0 Å². The van der Waals surface area contributed by atoms with Gasteiger partial charge < -0.3 is 14.9 Å². The Morgan fingerprint density at radius 2 is 1.59 bits per heavy atom. The molecule has 0 radical (unpaired) electrons. The van der Waals surface area contributed by atoms with E-state index in [0.717, 1.165) is 53.6 Å². The van der Waals surface area contributed by atoms with Crippen LogP contribution in [-0.4, -0.2) is 59.9 Å². The SMILES string of the molecule is Cc1cccc(C2C(C(=O)c3sc(-c4ccccc4)nc3C)=C(O)C(=O)N2c2ccc(N3CCN(C)CC3)cc2)c1. The molecule has 208 valence electrons. The number of Topliss-reactive ketones (excluding diaryl/α,β-unsaturated/α-hetero) is 1. The van der Waals surface area contributed by atoms with Gasteiger partial charge in [0.2, 0.25) is 5.78 Å². The maximum absolute atomic E-state index is 14.2. The standard InChI is InChI=1S/C33H32N4O3S/c1-21-8-7-11-24(20-21)28-27(29(38)31-22(2)34-32(41-31)23-9-5-4-6-10-23)30(39)33(40)37(28)26-14-12-25(13-15-26)36-18-16-35(3)17-19-36/h4-15,20,28,39H,16-19H2,1-3H3. The van der Waals surface area contributed by atoms with Crippen LogP contribution < -0.4 is 9.80 Å². The van der Waals surface area contributed by atoms with Crippen molar-refractivity contribution < 1.29 is 14.7 Å². The van der Waals surface area contributed by atoms with Gasteiger partial charge in [0.05, 0.1) is 22.2 Å². The lowest BCUT2D eigenvalue weighted by Gasteiger charge is -2.34. The summed E-state index contributed by atoms with van der Waals surface area (Å²) in [6.07, 6.45) is 0. The third kappa shape index (κ3) is 5.05. The van der Waals surface area contributed by atoms with Gasteiger partial charge in [-0.05, 0) is 50.7 Å². The van der Waals surface area contributed by atoms with E-state index in [1.165, 1.54) is 11.3 Å². The van der Waals surface area contributed by atoms with Crippen molar-refractivity contribution in [2.75, 3.05) is 43.0 Å². The molecule has 3 heterocycles. The molecule has 1 amide bonds. The number of carbonyl (C=O) groups excluding carboxylic acids is 2. The summed E-state index contributed by atoms with van der Waals surface area (Å²) >= 11 is 1.28. The first-order chi connectivity index (χ1) is 19.8. The van der Waals surface area contributed by atoms with Crippen molar-refractivity contribution in [1.82, 2.24) is 9.88 Å². The molecule has 0 saturated carbocycles. The van der Waals surface area contributed by atoms with Gasteiger partial charge >= 0.3 is 0 Å². The van der Waals surface area contributed by atoms with Gasteiger partial charge in [-0.1, -0.05) is 60.2 Å². The first-order valence-corrected chi connectivity index (χ1v) is 14.6. The zero-order valence-corrected chi connectivity index (χ0v) is 24.2. The van der Waals surface area contributed by atoms with Gasteiger partial charge in [-0.25, -0.2) is 4.98 Å². The quantitative estimate of drug-likeness (QED) is 0.291. The van der Waals surface area contributed by atoms with E-state index in [4.69, 9.17) is 0 Å². The highest BCUT2D eigenvalue weighted by Gasteiger charge is 2.45. The average molecular weight is 565 g/mol. The van der Waals surface area contributed by atoms with E-state index in [-0.39, 0.29) is 11.4 Å². The second kappa shape index (κ2) is 11.0. The highest BCUT2D eigenvalue weighted by atomic mass is 32.1. The lowest BCUT2D eigenvalue weighted by atomic mass is 9.94. The van der Waals surface area contributed by atoms with Crippen LogP contribution in [0.3, 0.4) is 0 Å². The summed E-state index contributed by atoms with van der Waals surface area (Å²) in [6.45, 7) is 7.62. The fraction of sp³-hybridized carbons (Fsp3) is 0.242. The Bertz CT molecular complexity index is 1640. The molecule has 1 aromatic heterocycles. The normalized spacial score (nSPS) is 17.9. The number of aliphatic hydroxyl groups excluding tert-OH is 1. The molecule has 41 heavy (non-hydrogen) atoms. The van der Waals surface area contributed by atoms with E-state index < -0.39 is 17.7 Å². The molecule has 2 aliphatic heterocycles. The molecule has 7 nitrogen and oxygen atoms in total. The largest absolute Gasteiger partial charge is 0.503 e. The van der Waals surface area contributed by atoms with Crippen LogP contribution in [0.15, 0.2) is 90.2 Å². The Labute approximate surface area is 244 Å². The van der Waals surface area contributed by atoms with E-state index in [0.29, 0.717) is 16.3 Å². The first kappa shape index (κ1) is 26.9. The Morgan fingerprint density at radius 3 is 2.27 bits per heavy atom. The van der Waals surface area contributed by atoms with Crippen molar-refractivity contribution in [2.45, 2.75) is 19.9 Å². The van der Waals surface area contributed by atoms with Crippen LogP contribution in [0.5, 0.6) is 0 Å². The molecule has 1 unspecified atom stereocenters. The maximum Gasteiger partial charge on any atom is 0.294 e. The van der Waals surface area contributed by atoms with E-state index in [2.05, 4.69) is 21.8 Å². The van der Waals surface area contributed by atoms with Crippen molar-refractivity contribution in [3.05, 3.63) is 112 Å². The number of thiazole rings is 1. The molecule has 2 aliphatic rings. The number of carbonyl (C=O) groups is 2. The molecule has 1 atom stereocenters. The number of aryl methyl sites for hydroxylation is 2. The monoisotopic (exact) mass is 564 g/mol. The van der Waals surface area contributed by atoms with Gasteiger partial charge in [0.15, 0.2) is 5.76 Å². The molecule has 8 heteroatoms. The van der Waals surface area contributed by atoms with Crippen molar-refractivity contribution in [3.8, 4) is 10.6 Å². The Kier molecular flexibility index (Phi) is 7.19. The smallest absolute Gasteiger partial charge is 0.294 e. The summed E-state index contributed by atoms with van der Waals surface area (Å²) in [5.41, 5.74) is 5.04. The minimum atomic E-state index is -0.772. The number of hydrogen-bond donors (Lipinski definition) is 1. The number of piperazine rings is 1. The fourth-order valence-electron chi connectivity index (χ4n) is 5.58. The Morgan fingerprint density at radius 1 is 0.902 bits per heavy atom. The summed E-state index contributed by atoms with van der Waals surface area (Å²) in [4.78, 5) is 39.1. The number of hydrogen-bond acceptors (Lipinski definition) is 7. The second-order valence-corrected chi connectivity index (χ2v) is 11.7. The van der Waals surface area contributed by atoms with Gasteiger partial charge in [0.1, 0.15) is 5.01 Å². The molecule has 1 saturated heterocycles. The van der Waals surface area contributed by atoms with Crippen LogP contribution in [0.4, 0.5) is 11.4 Å². The Hall–Kier alpha value is -4.27. The third-order valence-electron chi connectivity index (χ3n) is 7.83. The summed E-state index contributed by atoms with van der Waals surface area (Å²) in [6, 6.07) is 24.5. The first-order valence-electron chi connectivity index (χ1n) is 13.8. The highest BCUT2D eigenvalue weighted by Crippen LogP contribution is 2.43. The maximum atomic E-state index is 14.2. The summed E-state index contributed by atoms with van der Waals surface area (Å²) < 4.78 is 0. The number of nitrogens with zero attached hydrogens (tertiary/aromatic N) is 4. The number of amides is 1. The molecule has 0 spiro atoms. The molecule has 1 N–H and O–H groups in total. The number of aromatic nitrogens is 1. The van der Waals surface area contributed by atoms with Crippen molar-refractivity contribution in [1.29, 1.82) is 0 Å². The zero-order chi connectivity index (χ0) is 28.7. The fourth-order valence-corrected chi connectivity index (χ4v) is 6.61. The highest BCUT2D eigenvalue weighted by molar-refractivity contribution is 7.17. The molecule has 4 aromatic rings. The van der Waals surface area contributed by atoms with Crippen LogP contribution >= 0.6 is 11.3 Å². The summed E-state index contributed by atoms with van der Waals surface area (Å²) in [5, 5.41) is 12.0. The van der Waals surface area contributed by atoms with Gasteiger partial charge in [0, 0.05) is 43.1 Å². The predicted molar refractivity (Wildman–Crippen MR) is 164 cm³/mol. The van der Waals surface area contributed by atoms with Gasteiger partial charge in [-0.2, -0.15) is 0 Å². The number of aliphatic hydroxyl groups is 1. The predicted octanol–water partition coefficient (Wildman–Crippen LogP) is 5.96. The van der Waals surface area contributed by atoms with Crippen LogP contribution in [-0.2, 0) is 4.79 Å². The minimum absolute atomic E-state index is 0.0788. The second-order valence-electron chi connectivity index (χ2n) is 10.7. The molecule has 0 aliphatic carbocycles. The topological polar surface area (TPSA) is 77.0 Å². The van der Waals surface area contributed by atoms with Crippen molar-refractivity contribution in [3.63, 3.8) is 0 Å². The number of ketones is 1. The van der Waals surface area contributed by atoms with E-state index in [9.17, 15) is 14.7 Å². The van der Waals surface area contributed by atoms with Gasteiger partial charge in [0.25, 0.3) is 5.91 Å². The average Bonchev–Trinajstić information content (AvgIpc) is 3.50. The van der Waals surface area contributed by atoms with Crippen molar-refractivity contribution in [2.24, 2.45) is 0 Å². The third-order valence-corrected chi connectivity index (χ3v) is 9.04. The van der Waals surface area contributed by atoms with Gasteiger partial charge in [-0.15, -0.1) is 11.3 Å². The Balaban J connectivity index is 1.39. The minimum Gasteiger partial charge on any atom is -0.503 e.